The van der Waals surface area contributed by atoms with E-state index in [0.29, 0.717) is 9.75 Å². The predicted molar refractivity (Wildman–Crippen MR) is 48.7 cm³/mol. The van der Waals surface area contributed by atoms with Crippen molar-refractivity contribution in [2.24, 2.45) is 0 Å². The van der Waals surface area contributed by atoms with Crippen LogP contribution in [0.2, 0.25) is 0 Å². The first-order valence-corrected chi connectivity index (χ1v) is 8.26. The first kappa shape index (κ1) is 11.1. The summed E-state index contributed by atoms with van der Waals surface area (Å²) < 4.78 is 39.7. The SMILES string of the molecule is FC(F)(F)C1=[C]([Hf][C]2=CC=CC2)CC=C1. The fraction of sp³-hybridized carbons (Fsp3) is 0.273. The molecule has 4 heteroatoms. The quantitative estimate of drug-likeness (QED) is 0.645. The van der Waals surface area contributed by atoms with Gasteiger partial charge in [-0.1, -0.05) is 0 Å². The van der Waals surface area contributed by atoms with E-state index < -0.39 is 29.1 Å². The average molecular weight is 377 g/mol. The van der Waals surface area contributed by atoms with Crippen LogP contribution < -0.4 is 0 Å². The Balaban J connectivity index is 2.14. The van der Waals surface area contributed by atoms with Gasteiger partial charge in [0.2, 0.25) is 0 Å². The summed E-state index contributed by atoms with van der Waals surface area (Å²) in [5.74, 6) is 0. The first-order valence-electron chi connectivity index (χ1n) is 4.67. The van der Waals surface area contributed by atoms with Crippen LogP contribution in [0.15, 0.2) is 42.6 Å². The van der Waals surface area contributed by atoms with Crippen LogP contribution >= 0.6 is 0 Å². The number of halogens is 3. The molecule has 78 valence electrons. The van der Waals surface area contributed by atoms with Crippen molar-refractivity contribution in [3.05, 3.63) is 42.6 Å². The molecule has 0 fully saturated rings. The van der Waals surface area contributed by atoms with E-state index in [2.05, 4.69) is 0 Å². The minimum absolute atomic E-state index is 0.362. The second-order valence-electron chi connectivity index (χ2n) is 3.45. The van der Waals surface area contributed by atoms with Gasteiger partial charge in [-0.2, -0.15) is 0 Å². The summed E-state index contributed by atoms with van der Waals surface area (Å²) in [5, 5.41) is 0. The Morgan fingerprint density at radius 1 is 1.13 bits per heavy atom. The van der Waals surface area contributed by atoms with E-state index in [-0.39, 0.29) is 5.57 Å². The standard InChI is InChI=1S/C6H4F3.C5H5.Hf/c7-6(8,9)5-3-1-2-4-5;1-2-4-5-3-1;/h1,3H,2H2;1-3H,4H2;. The van der Waals surface area contributed by atoms with E-state index in [0.717, 1.165) is 6.42 Å². The normalized spacial score (nSPS) is 20.1. The van der Waals surface area contributed by atoms with Crippen LogP contribution in [0.3, 0.4) is 0 Å². The summed E-state index contributed by atoms with van der Waals surface area (Å²) in [6.45, 7) is 0. The number of rotatable bonds is 2. The van der Waals surface area contributed by atoms with Gasteiger partial charge in [-0.05, 0) is 0 Å². The van der Waals surface area contributed by atoms with Gasteiger partial charge in [0.05, 0.1) is 0 Å². The van der Waals surface area contributed by atoms with Crippen LogP contribution in [0.5, 0.6) is 0 Å². The van der Waals surface area contributed by atoms with E-state index in [1.807, 2.05) is 18.2 Å². The Morgan fingerprint density at radius 2 is 1.93 bits per heavy atom. The van der Waals surface area contributed by atoms with E-state index in [4.69, 9.17) is 0 Å². The average Bonchev–Trinajstić information content (AvgIpc) is 2.73. The summed E-state index contributed by atoms with van der Waals surface area (Å²) in [4.78, 5) is 0. The summed E-state index contributed by atoms with van der Waals surface area (Å²) >= 11 is -1.40. The van der Waals surface area contributed by atoms with Gasteiger partial charge in [-0.15, -0.1) is 0 Å². The molecule has 0 heterocycles. The van der Waals surface area contributed by atoms with Gasteiger partial charge in [0.25, 0.3) is 0 Å². The Labute approximate surface area is 97.6 Å². The summed E-state index contributed by atoms with van der Waals surface area (Å²) in [7, 11) is 0. The van der Waals surface area contributed by atoms with E-state index in [1.165, 1.54) is 9.41 Å². The third-order valence-electron chi connectivity index (χ3n) is 2.32. The molecule has 0 aromatic rings. The Morgan fingerprint density at radius 3 is 2.53 bits per heavy atom. The van der Waals surface area contributed by atoms with E-state index in [9.17, 15) is 13.2 Å². The van der Waals surface area contributed by atoms with Crippen LogP contribution in [0, 0.1) is 0 Å². The minimum atomic E-state index is -4.15. The van der Waals surface area contributed by atoms with Crippen molar-refractivity contribution in [1.29, 1.82) is 0 Å². The Kier molecular flexibility index (Phi) is 3.14. The van der Waals surface area contributed by atoms with Crippen LogP contribution in [-0.4, -0.2) is 6.18 Å². The maximum atomic E-state index is 12.6. The Bertz CT molecular complexity index is 383. The summed E-state index contributed by atoms with van der Waals surface area (Å²) in [5.41, 5.74) is -0.362. The maximum absolute atomic E-state index is 12.6. The molecule has 0 aromatic heterocycles. The molecule has 0 N–H and O–H groups in total. The van der Waals surface area contributed by atoms with E-state index >= 15 is 0 Å². The molecule has 0 nitrogen and oxygen atoms in total. The number of hydrogen-bond donors (Lipinski definition) is 0. The topological polar surface area (TPSA) is 0 Å². The van der Waals surface area contributed by atoms with Crippen molar-refractivity contribution in [2.75, 3.05) is 0 Å². The van der Waals surface area contributed by atoms with Gasteiger partial charge >= 0.3 is 97.7 Å². The molecule has 15 heavy (non-hydrogen) atoms. The third-order valence-corrected chi connectivity index (χ3v) is 7.59. The zero-order valence-electron chi connectivity index (χ0n) is 7.93. The molecule has 0 aromatic carbocycles. The van der Waals surface area contributed by atoms with Crippen LogP contribution in [0.25, 0.3) is 0 Å². The molecule has 2 aliphatic rings. The molecule has 0 aliphatic heterocycles. The van der Waals surface area contributed by atoms with Gasteiger partial charge in [0, 0.05) is 0 Å². The molecule has 0 atom stereocenters. The summed E-state index contributed by atoms with van der Waals surface area (Å²) in [6.07, 6.45) is 6.06. The van der Waals surface area contributed by atoms with Crippen LogP contribution in [0.4, 0.5) is 13.2 Å². The number of alkyl halides is 3. The second kappa shape index (κ2) is 4.24. The van der Waals surface area contributed by atoms with Gasteiger partial charge in [-0.25, -0.2) is 0 Å². The monoisotopic (exact) mass is 378 g/mol. The van der Waals surface area contributed by atoms with Crippen molar-refractivity contribution in [2.45, 2.75) is 19.0 Å². The third kappa shape index (κ3) is 2.60. The zero-order chi connectivity index (χ0) is 10.9. The molecule has 2 rings (SSSR count). The van der Waals surface area contributed by atoms with E-state index in [1.54, 1.807) is 6.08 Å². The van der Waals surface area contributed by atoms with Crippen molar-refractivity contribution in [1.82, 2.24) is 0 Å². The van der Waals surface area contributed by atoms with Gasteiger partial charge in [-0.3, -0.25) is 0 Å². The van der Waals surface area contributed by atoms with Crippen molar-refractivity contribution in [3.63, 3.8) is 0 Å². The molecule has 0 amide bonds. The second-order valence-corrected chi connectivity index (χ2v) is 8.82. The molecule has 0 spiro atoms. The number of allylic oxidation sites excluding steroid dienone is 8. The molecule has 0 radical (unpaired) electrons. The molecular formula is C11H9F3Hf. The molecule has 0 unspecified atom stereocenters. The Hall–Kier alpha value is -0.380. The molecule has 0 saturated heterocycles. The molecule has 0 bridgehead atoms. The van der Waals surface area contributed by atoms with Crippen LogP contribution in [-0.2, 0) is 22.9 Å². The van der Waals surface area contributed by atoms with Gasteiger partial charge in [0.1, 0.15) is 0 Å². The van der Waals surface area contributed by atoms with Gasteiger partial charge in [0.15, 0.2) is 0 Å². The van der Waals surface area contributed by atoms with Crippen LogP contribution in [0.1, 0.15) is 12.8 Å². The molecular weight excluding hydrogens is 368 g/mol. The fourth-order valence-corrected chi connectivity index (χ4v) is 6.53. The fourth-order valence-electron chi connectivity index (χ4n) is 1.62. The number of hydrogen-bond acceptors (Lipinski definition) is 0. The molecule has 2 aliphatic carbocycles. The molecule has 0 saturated carbocycles. The van der Waals surface area contributed by atoms with Crippen molar-refractivity contribution < 1.29 is 36.1 Å². The summed E-state index contributed by atoms with van der Waals surface area (Å²) in [6, 6.07) is 0. The van der Waals surface area contributed by atoms with Crippen molar-refractivity contribution in [3.8, 4) is 0 Å². The van der Waals surface area contributed by atoms with Gasteiger partial charge < -0.3 is 0 Å². The van der Waals surface area contributed by atoms with Crippen molar-refractivity contribution >= 4 is 0 Å². The first-order chi connectivity index (χ1) is 7.07. The predicted octanol–water partition coefficient (Wildman–Crippen LogP) is 3.69. The zero-order valence-corrected chi connectivity index (χ0v) is 11.5.